The number of nitrogens with zero attached hydrogens (tertiary/aromatic N) is 2. The predicted molar refractivity (Wildman–Crippen MR) is 114 cm³/mol. The van der Waals surface area contributed by atoms with Gasteiger partial charge in [-0.05, 0) is 43.2 Å². The lowest BCUT2D eigenvalue weighted by atomic mass is 10.1. The molecule has 6 heteroatoms. The zero-order chi connectivity index (χ0) is 17.0. The van der Waals surface area contributed by atoms with Crippen molar-refractivity contribution in [3.63, 3.8) is 0 Å². The highest BCUT2D eigenvalue weighted by molar-refractivity contribution is 14.0. The molecule has 0 bridgehead atoms. The van der Waals surface area contributed by atoms with Crippen LogP contribution in [-0.4, -0.2) is 37.7 Å². The van der Waals surface area contributed by atoms with Gasteiger partial charge in [0.1, 0.15) is 5.75 Å². The number of ether oxygens (including phenoxy) is 1. The summed E-state index contributed by atoms with van der Waals surface area (Å²) in [4.78, 5) is 8.92. The second-order valence-corrected chi connectivity index (χ2v) is 5.36. The molecule has 1 aromatic heterocycles. The molecular weight excluding hydrogens is 427 g/mol. The summed E-state index contributed by atoms with van der Waals surface area (Å²) in [6.07, 6.45) is 3.58. The Bertz CT molecular complexity index is 634. The first-order valence-electron chi connectivity index (χ1n) is 8.37. The fourth-order valence-corrected chi connectivity index (χ4v) is 2.32. The molecule has 2 N–H and O–H groups in total. The molecule has 1 heterocycles. The molecule has 0 fully saturated rings. The molecule has 0 saturated heterocycles. The van der Waals surface area contributed by atoms with Crippen LogP contribution in [0.5, 0.6) is 5.75 Å². The van der Waals surface area contributed by atoms with Gasteiger partial charge in [-0.2, -0.15) is 0 Å². The first-order valence-corrected chi connectivity index (χ1v) is 8.37. The summed E-state index contributed by atoms with van der Waals surface area (Å²) < 4.78 is 5.25. The summed E-state index contributed by atoms with van der Waals surface area (Å²) in [7, 11) is 1.69. The lowest BCUT2D eigenvalue weighted by molar-refractivity contribution is 0.414. The molecule has 0 aliphatic rings. The number of methoxy groups -OCH3 is 1. The van der Waals surface area contributed by atoms with E-state index in [4.69, 9.17) is 4.74 Å². The second-order valence-electron chi connectivity index (χ2n) is 5.36. The Morgan fingerprint density at radius 2 is 2.00 bits per heavy atom. The van der Waals surface area contributed by atoms with Crippen LogP contribution < -0.4 is 15.4 Å². The molecule has 0 unspecified atom stereocenters. The Morgan fingerprint density at radius 1 is 1.12 bits per heavy atom. The Morgan fingerprint density at radius 3 is 2.72 bits per heavy atom. The molecule has 0 saturated carbocycles. The van der Waals surface area contributed by atoms with Crippen molar-refractivity contribution in [3.8, 4) is 5.75 Å². The van der Waals surface area contributed by atoms with E-state index in [1.54, 1.807) is 7.11 Å². The van der Waals surface area contributed by atoms with E-state index < -0.39 is 0 Å². The minimum absolute atomic E-state index is 0. The Labute approximate surface area is 167 Å². The van der Waals surface area contributed by atoms with Crippen LogP contribution >= 0.6 is 24.0 Å². The van der Waals surface area contributed by atoms with Crippen molar-refractivity contribution < 1.29 is 4.74 Å². The van der Waals surface area contributed by atoms with Gasteiger partial charge in [-0.1, -0.05) is 18.2 Å². The molecule has 0 spiro atoms. The van der Waals surface area contributed by atoms with Crippen molar-refractivity contribution in [2.24, 2.45) is 4.99 Å². The molecule has 5 nitrogen and oxygen atoms in total. The lowest BCUT2D eigenvalue weighted by Crippen LogP contribution is -2.38. The summed E-state index contributed by atoms with van der Waals surface area (Å²) in [5.74, 6) is 1.74. The topological polar surface area (TPSA) is 58.5 Å². The van der Waals surface area contributed by atoms with Gasteiger partial charge in [0.25, 0.3) is 0 Å². The van der Waals surface area contributed by atoms with Crippen LogP contribution in [0.2, 0.25) is 0 Å². The molecule has 1 aromatic carbocycles. The quantitative estimate of drug-likeness (QED) is 0.366. The Hall–Kier alpha value is -1.83. The largest absolute Gasteiger partial charge is 0.497 e. The number of guanidine groups is 1. The van der Waals surface area contributed by atoms with Crippen LogP contribution in [0, 0.1) is 0 Å². The van der Waals surface area contributed by atoms with Gasteiger partial charge in [-0.3, -0.25) is 9.98 Å². The molecular formula is C19H27IN4O. The molecule has 25 heavy (non-hydrogen) atoms. The maximum Gasteiger partial charge on any atom is 0.191 e. The van der Waals surface area contributed by atoms with Crippen molar-refractivity contribution in [2.75, 3.05) is 26.7 Å². The van der Waals surface area contributed by atoms with Crippen LogP contribution in [0.1, 0.15) is 18.2 Å². The predicted octanol–water partition coefficient (Wildman–Crippen LogP) is 3.05. The maximum absolute atomic E-state index is 5.25. The smallest absolute Gasteiger partial charge is 0.191 e. The Kier molecular flexibility index (Phi) is 10.6. The van der Waals surface area contributed by atoms with Gasteiger partial charge < -0.3 is 15.4 Å². The van der Waals surface area contributed by atoms with E-state index in [9.17, 15) is 0 Å². The highest BCUT2D eigenvalue weighted by atomic mass is 127. The standard InChI is InChI=1S/C19H26N4O.HI/c1-3-20-19(23-14-11-17-8-4-5-12-21-17)22-13-10-16-7-6-9-18(15-16)24-2;/h4-9,12,15H,3,10-11,13-14H2,1-2H3,(H2,20,22,23);1H. The van der Waals surface area contributed by atoms with Gasteiger partial charge in [0.2, 0.25) is 0 Å². The summed E-state index contributed by atoms with van der Waals surface area (Å²) in [5, 5.41) is 6.64. The number of benzene rings is 1. The number of rotatable bonds is 8. The second kappa shape index (κ2) is 12.5. The van der Waals surface area contributed by atoms with Gasteiger partial charge in [0.05, 0.1) is 7.11 Å². The normalized spacial score (nSPS) is 10.7. The number of nitrogens with one attached hydrogen (secondary N) is 2. The van der Waals surface area contributed by atoms with Crippen LogP contribution in [-0.2, 0) is 12.8 Å². The molecule has 0 atom stereocenters. The number of hydrogen-bond acceptors (Lipinski definition) is 3. The molecule has 0 radical (unpaired) electrons. The lowest BCUT2D eigenvalue weighted by Gasteiger charge is -2.11. The van der Waals surface area contributed by atoms with Crippen molar-refractivity contribution in [2.45, 2.75) is 19.8 Å². The first kappa shape index (κ1) is 21.2. The van der Waals surface area contributed by atoms with Crippen molar-refractivity contribution in [1.82, 2.24) is 15.6 Å². The zero-order valence-electron chi connectivity index (χ0n) is 14.9. The molecule has 0 aliphatic carbocycles. The van der Waals surface area contributed by atoms with Crippen molar-refractivity contribution in [3.05, 3.63) is 59.9 Å². The summed E-state index contributed by atoms with van der Waals surface area (Å²) in [6, 6.07) is 14.1. The van der Waals surface area contributed by atoms with Crippen LogP contribution in [0.4, 0.5) is 0 Å². The van der Waals surface area contributed by atoms with Crippen molar-refractivity contribution >= 4 is 29.9 Å². The highest BCUT2D eigenvalue weighted by Crippen LogP contribution is 2.12. The summed E-state index contributed by atoms with van der Waals surface area (Å²) >= 11 is 0. The fourth-order valence-electron chi connectivity index (χ4n) is 2.32. The van der Waals surface area contributed by atoms with Gasteiger partial charge in [0.15, 0.2) is 5.96 Å². The number of aromatic nitrogens is 1. The van der Waals surface area contributed by atoms with Gasteiger partial charge >= 0.3 is 0 Å². The molecule has 2 aromatic rings. The third kappa shape index (κ3) is 8.20. The average Bonchev–Trinajstić information content (AvgIpc) is 2.63. The van der Waals surface area contributed by atoms with E-state index in [0.29, 0.717) is 6.54 Å². The van der Waals surface area contributed by atoms with Gasteiger partial charge in [-0.15, -0.1) is 24.0 Å². The minimum atomic E-state index is 0. The van der Waals surface area contributed by atoms with Gasteiger partial charge in [-0.25, -0.2) is 0 Å². The van der Waals surface area contributed by atoms with Crippen molar-refractivity contribution in [1.29, 1.82) is 0 Å². The van der Waals surface area contributed by atoms with E-state index in [1.807, 2.05) is 36.5 Å². The summed E-state index contributed by atoms with van der Waals surface area (Å²) in [6.45, 7) is 4.45. The Balaban J connectivity index is 0.00000312. The average molecular weight is 454 g/mol. The highest BCUT2D eigenvalue weighted by Gasteiger charge is 2.00. The van der Waals surface area contributed by atoms with Gasteiger partial charge in [0, 0.05) is 37.9 Å². The number of aliphatic imine (C=N–C) groups is 1. The molecule has 0 amide bonds. The van der Waals surface area contributed by atoms with E-state index in [0.717, 1.165) is 43.3 Å². The third-order valence-corrected chi connectivity index (χ3v) is 3.55. The number of pyridine rings is 1. The molecule has 136 valence electrons. The van der Waals surface area contributed by atoms with E-state index in [-0.39, 0.29) is 24.0 Å². The summed E-state index contributed by atoms with van der Waals surface area (Å²) in [5.41, 5.74) is 2.31. The SMILES string of the molecule is CCNC(=NCCc1ccccn1)NCCc1cccc(OC)c1.I. The third-order valence-electron chi connectivity index (χ3n) is 3.55. The van der Waals surface area contributed by atoms with E-state index >= 15 is 0 Å². The van der Waals surface area contributed by atoms with Crippen LogP contribution in [0.15, 0.2) is 53.7 Å². The fraction of sp³-hybridized carbons (Fsp3) is 0.368. The first-order chi connectivity index (χ1) is 11.8. The van der Waals surface area contributed by atoms with E-state index in [1.165, 1.54) is 5.56 Å². The monoisotopic (exact) mass is 454 g/mol. The molecule has 2 rings (SSSR count). The molecule has 0 aliphatic heterocycles. The number of hydrogen-bond donors (Lipinski definition) is 2. The van der Waals surface area contributed by atoms with Crippen LogP contribution in [0.3, 0.4) is 0 Å². The maximum atomic E-state index is 5.25. The zero-order valence-corrected chi connectivity index (χ0v) is 17.2. The number of halogens is 1. The minimum Gasteiger partial charge on any atom is -0.497 e. The van der Waals surface area contributed by atoms with Crippen LogP contribution in [0.25, 0.3) is 0 Å². The van der Waals surface area contributed by atoms with E-state index in [2.05, 4.69) is 39.7 Å².